The third-order valence-corrected chi connectivity index (χ3v) is 4.59. The third-order valence-electron chi connectivity index (χ3n) is 4.59. The summed E-state index contributed by atoms with van der Waals surface area (Å²) in [6, 6.07) is 9.74. The van der Waals surface area contributed by atoms with E-state index in [1.54, 1.807) is 0 Å². The Balaban J connectivity index is 1.47. The molecule has 1 aromatic carbocycles. The number of rotatable bonds is 6. The molecule has 0 spiro atoms. The summed E-state index contributed by atoms with van der Waals surface area (Å²) in [4.78, 5) is 21.4. The van der Waals surface area contributed by atoms with E-state index in [0.717, 1.165) is 38.3 Å². The first kappa shape index (κ1) is 17.6. The number of likely N-dealkylation sites (N-methyl/N-ethyl adjacent to an activating group) is 1. The molecule has 1 aromatic heterocycles. The summed E-state index contributed by atoms with van der Waals surface area (Å²) < 4.78 is 5.71. The number of hydrogen-bond acceptors (Lipinski definition) is 5. The van der Waals surface area contributed by atoms with Crippen LogP contribution in [0.15, 0.2) is 34.7 Å². The molecule has 0 unspecified atom stereocenters. The van der Waals surface area contributed by atoms with E-state index in [9.17, 15) is 4.79 Å². The number of nitrogens with one attached hydrogen (secondary N) is 1. The van der Waals surface area contributed by atoms with E-state index < -0.39 is 0 Å². The Morgan fingerprint density at radius 2 is 1.92 bits per heavy atom. The molecule has 0 atom stereocenters. The number of benzene rings is 1. The van der Waals surface area contributed by atoms with Gasteiger partial charge in [0.15, 0.2) is 0 Å². The monoisotopic (exact) mass is 342 g/mol. The Morgan fingerprint density at radius 1 is 1.20 bits per heavy atom. The molecule has 1 aliphatic heterocycles. The molecule has 3 rings (SSSR count). The highest BCUT2D eigenvalue weighted by molar-refractivity contribution is 5.78. The van der Waals surface area contributed by atoms with E-state index in [4.69, 9.17) is 4.42 Å². The molecular weight excluding hydrogens is 316 g/mol. The highest BCUT2D eigenvalue weighted by atomic mass is 16.4. The van der Waals surface area contributed by atoms with Crippen molar-refractivity contribution in [3.63, 3.8) is 0 Å². The molecule has 0 saturated carbocycles. The molecule has 2 heterocycles. The Labute approximate surface area is 148 Å². The van der Waals surface area contributed by atoms with Gasteiger partial charge in [-0.1, -0.05) is 18.2 Å². The van der Waals surface area contributed by atoms with Gasteiger partial charge in [-0.3, -0.25) is 9.69 Å². The number of carbonyl (C=O) groups is 1. The van der Waals surface area contributed by atoms with Gasteiger partial charge in [-0.15, -0.1) is 0 Å². The van der Waals surface area contributed by atoms with Crippen molar-refractivity contribution in [1.82, 2.24) is 20.1 Å². The van der Waals surface area contributed by atoms with Crippen molar-refractivity contribution < 1.29 is 9.21 Å². The lowest BCUT2D eigenvalue weighted by atomic mass is 10.2. The van der Waals surface area contributed by atoms with Crippen molar-refractivity contribution in [2.45, 2.75) is 13.3 Å². The highest BCUT2D eigenvalue weighted by Crippen LogP contribution is 2.21. The number of piperazine rings is 1. The van der Waals surface area contributed by atoms with Crippen LogP contribution < -0.4 is 5.32 Å². The lowest BCUT2D eigenvalue weighted by Gasteiger charge is -2.32. The number of amides is 1. The molecule has 6 nitrogen and oxygen atoms in total. The normalized spacial score (nSPS) is 16.1. The lowest BCUT2D eigenvalue weighted by Crippen LogP contribution is -2.47. The van der Waals surface area contributed by atoms with Crippen molar-refractivity contribution in [1.29, 1.82) is 0 Å². The maximum Gasteiger partial charge on any atom is 0.226 e. The maximum atomic E-state index is 12.2. The van der Waals surface area contributed by atoms with Crippen molar-refractivity contribution in [2.75, 3.05) is 46.3 Å². The van der Waals surface area contributed by atoms with Crippen LogP contribution in [0.5, 0.6) is 0 Å². The molecule has 1 N–H and O–H groups in total. The third kappa shape index (κ3) is 4.90. The predicted octanol–water partition coefficient (Wildman–Crippen LogP) is 1.56. The molecule has 0 radical (unpaired) electrons. The van der Waals surface area contributed by atoms with Crippen LogP contribution in [0.1, 0.15) is 11.5 Å². The number of carbonyl (C=O) groups excluding carboxylic acids is 1. The molecule has 0 aliphatic carbocycles. The van der Waals surface area contributed by atoms with Gasteiger partial charge in [-0.25, -0.2) is 4.98 Å². The van der Waals surface area contributed by atoms with Gasteiger partial charge in [0.05, 0.1) is 12.1 Å². The van der Waals surface area contributed by atoms with Gasteiger partial charge >= 0.3 is 0 Å². The summed E-state index contributed by atoms with van der Waals surface area (Å²) in [5, 5.41) is 2.99. The second-order valence-corrected chi connectivity index (χ2v) is 6.56. The molecule has 0 bridgehead atoms. The van der Waals surface area contributed by atoms with Crippen LogP contribution in [0.25, 0.3) is 11.5 Å². The van der Waals surface area contributed by atoms with E-state index in [1.165, 1.54) is 0 Å². The van der Waals surface area contributed by atoms with Crippen LogP contribution in [0.4, 0.5) is 0 Å². The molecule has 25 heavy (non-hydrogen) atoms. The first-order valence-corrected chi connectivity index (χ1v) is 8.81. The van der Waals surface area contributed by atoms with E-state index >= 15 is 0 Å². The quantitative estimate of drug-likeness (QED) is 0.863. The fourth-order valence-corrected chi connectivity index (χ4v) is 2.94. The lowest BCUT2D eigenvalue weighted by molar-refractivity contribution is -0.120. The number of nitrogens with zero attached hydrogens (tertiary/aromatic N) is 3. The fraction of sp³-hybridized carbons (Fsp3) is 0.474. The first-order chi connectivity index (χ1) is 12.1. The number of oxazole rings is 1. The minimum atomic E-state index is -0.00913. The molecule has 1 fully saturated rings. The Morgan fingerprint density at radius 3 is 2.64 bits per heavy atom. The predicted molar refractivity (Wildman–Crippen MR) is 97.3 cm³/mol. The molecule has 1 aliphatic rings. The topological polar surface area (TPSA) is 61.6 Å². The Hall–Kier alpha value is -2.18. The average molecular weight is 342 g/mol. The molecule has 134 valence electrons. The van der Waals surface area contributed by atoms with Crippen LogP contribution in [0.2, 0.25) is 0 Å². The molecule has 1 saturated heterocycles. The number of aromatic nitrogens is 1. The van der Waals surface area contributed by atoms with Crippen LogP contribution in [0.3, 0.4) is 0 Å². The summed E-state index contributed by atoms with van der Waals surface area (Å²) in [6.07, 6.45) is 0.255. The van der Waals surface area contributed by atoms with Crippen molar-refractivity contribution in [3.8, 4) is 11.5 Å². The van der Waals surface area contributed by atoms with Crippen LogP contribution in [-0.2, 0) is 11.2 Å². The number of hydrogen-bond donors (Lipinski definition) is 1. The second kappa shape index (κ2) is 8.27. The van der Waals surface area contributed by atoms with Gasteiger partial charge in [0, 0.05) is 44.8 Å². The van der Waals surface area contributed by atoms with Crippen LogP contribution in [0, 0.1) is 6.92 Å². The summed E-state index contributed by atoms with van der Waals surface area (Å²) in [6.45, 7) is 7.73. The van der Waals surface area contributed by atoms with Crippen molar-refractivity contribution in [3.05, 3.63) is 41.8 Å². The summed E-state index contributed by atoms with van der Waals surface area (Å²) in [7, 11) is 2.14. The van der Waals surface area contributed by atoms with Crippen molar-refractivity contribution in [2.24, 2.45) is 0 Å². The van der Waals surface area contributed by atoms with E-state index in [1.807, 2.05) is 37.3 Å². The minimum Gasteiger partial charge on any atom is -0.441 e. The van der Waals surface area contributed by atoms with Gasteiger partial charge < -0.3 is 14.6 Å². The van der Waals surface area contributed by atoms with Gasteiger partial charge in [-0.05, 0) is 26.1 Å². The minimum absolute atomic E-state index is 0.00913. The van der Waals surface area contributed by atoms with Gasteiger partial charge in [-0.2, -0.15) is 0 Å². The van der Waals surface area contributed by atoms with Crippen LogP contribution in [-0.4, -0.2) is 67.0 Å². The smallest absolute Gasteiger partial charge is 0.226 e. The highest BCUT2D eigenvalue weighted by Gasteiger charge is 2.16. The zero-order valence-corrected chi connectivity index (χ0v) is 15.0. The first-order valence-electron chi connectivity index (χ1n) is 8.81. The van der Waals surface area contributed by atoms with Crippen LogP contribution >= 0.6 is 0 Å². The second-order valence-electron chi connectivity index (χ2n) is 6.56. The average Bonchev–Trinajstić information content (AvgIpc) is 2.98. The van der Waals surface area contributed by atoms with Gasteiger partial charge in [0.2, 0.25) is 11.8 Å². The molecule has 1 amide bonds. The fourth-order valence-electron chi connectivity index (χ4n) is 2.94. The molecular formula is C19H26N4O2. The van der Waals surface area contributed by atoms with Crippen molar-refractivity contribution >= 4 is 5.91 Å². The Bertz CT molecular complexity index is 691. The van der Waals surface area contributed by atoms with E-state index in [0.29, 0.717) is 23.9 Å². The Kier molecular flexibility index (Phi) is 5.83. The SMILES string of the molecule is Cc1oc(-c2ccccc2)nc1CC(=O)NCCN1CCN(C)CC1. The molecule has 6 heteroatoms. The number of aryl methyl sites for hydroxylation is 1. The summed E-state index contributed by atoms with van der Waals surface area (Å²) in [5.74, 6) is 1.26. The van der Waals surface area contributed by atoms with Gasteiger partial charge in [0.1, 0.15) is 5.76 Å². The maximum absolute atomic E-state index is 12.2. The van der Waals surface area contributed by atoms with Gasteiger partial charge in [0.25, 0.3) is 0 Å². The summed E-state index contributed by atoms with van der Waals surface area (Å²) >= 11 is 0. The summed E-state index contributed by atoms with van der Waals surface area (Å²) in [5.41, 5.74) is 1.63. The van der Waals surface area contributed by atoms with E-state index in [-0.39, 0.29) is 12.3 Å². The standard InChI is InChI=1S/C19H26N4O2/c1-15-17(21-19(25-15)16-6-4-3-5-7-16)14-18(24)20-8-9-23-12-10-22(2)11-13-23/h3-7H,8-14H2,1-2H3,(H,20,24). The van der Waals surface area contributed by atoms with E-state index in [2.05, 4.69) is 27.1 Å². The molecule has 2 aromatic rings. The largest absolute Gasteiger partial charge is 0.441 e. The zero-order chi connectivity index (χ0) is 17.6. The zero-order valence-electron chi connectivity index (χ0n) is 15.0.